The molecule has 84 valence electrons. The maximum atomic E-state index is 10.6. The highest BCUT2D eigenvalue weighted by molar-refractivity contribution is 5.88. The van der Waals surface area contributed by atoms with Crippen LogP contribution in [0.1, 0.15) is 10.6 Å². The van der Waals surface area contributed by atoms with Crippen molar-refractivity contribution in [3.63, 3.8) is 0 Å². The van der Waals surface area contributed by atoms with E-state index in [9.17, 15) is 18.0 Å². The van der Waals surface area contributed by atoms with Crippen LogP contribution in [-0.4, -0.2) is 38.3 Å². The molecule has 0 saturated heterocycles. The van der Waals surface area contributed by atoms with Crippen LogP contribution < -0.4 is 5.73 Å². The number of nitrogens with two attached hydrogens (primary N) is 1. The van der Waals surface area contributed by atoms with E-state index in [1.54, 1.807) is 0 Å². The van der Waals surface area contributed by atoms with Crippen LogP contribution in [0.5, 0.6) is 0 Å². The number of aromatic nitrogens is 3. The minimum atomic E-state index is -5.08. The van der Waals surface area contributed by atoms with Crippen molar-refractivity contribution in [1.82, 2.24) is 15.2 Å². The Morgan fingerprint density at radius 3 is 2.07 bits per heavy atom. The number of carboxylic acids is 1. The SMILES string of the molecule is NC(=O)c1ncn[nH]1.O=C(O)C(F)(F)F. The lowest BCUT2D eigenvalue weighted by Crippen LogP contribution is -2.21. The standard InChI is InChI=1S/C3H4N4O.C2HF3O2/c4-2(8)3-5-1-6-7-3;3-2(4,5)1(6)7/h1H,(H2,4,8)(H,5,6,7);(H,6,7). The summed E-state index contributed by atoms with van der Waals surface area (Å²) in [5, 5.41) is 12.8. The van der Waals surface area contributed by atoms with Gasteiger partial charge in [-0.25, -0.2) is 9.78 Å². The first-order valence-corrected chi connectivity index (χ1v) is 3.20. The predicted octanol–water partition coefficient (Wildman–Crippen LogP) is -0.463. The van der Waals surface area contributed by atoms with E-state index in [4.69, 9.17) is 15.6 Å². The Morgan fingerprint density at radius 2 is 1.93 bits per heavy atom. The van der Waals surface area contributed by atoms with Crippen LogP contribution in [0.15, 0.2) is 6.33 Å². The second-order valence-electron chi connectivity index (χ2n) is 2.00. The predicted molar refractivity (Wildman–Crippen MR) is 38.6 cm³/mol. The number of H-pyrrole nitrogens is 1. The molecule has 0 aliphatic heterocycles. The number of aromatic amines is 1. The molecule has 4 N–H and O–H groups in total. The number of aliphatic carboxylic acids is 1. The van der Waals surface area contributed by atoms with Gasteiger partial charge >= 0.3 is 12.1 Å². The Kier molecular flexibility index (Phi) is 4.23. The van der Waals surface area contributed by atoms with Gasteiger partial charge in [-0.2, -0.15) is 18.3 Å². The maximum absolute atomic E-state index is 10.6. The molecule has 0 saturated carbocycles. The van der Waals surface area contributed by atoms with Crippen LogP contribution in [0.2, 0.25) is 0 Å². The molecule has 1 amide bonds. The van der Waals surface area contributed by atoms with Crippen molar-refractivity contribution in [1.29, 1.82) is 0 Å². The third-order valence-electron chi connectivity index (χ3n) is 0.891. The number of alkyl halides is 3. The number of nitrogens with one attached hydrogen (secondary N) is 1. The zero-order valence-electron chi connectivity index (χ0n) is 6.95. The number of halogens is 3. The average Bonchev–Trinajstić information content (AvgIpc) is 2.54. The van der Waals surface area contributed by atoms with Crippen LogP contribution in [0.25, 0.3) is 0 Å². The van der Waals surface area contributed by atoms with Gasteiger partial charge in [-0.1, -0.05) is 0 Å². The number of amides is 1. The van der Waals surface area contributed by atoms with Gasteiger partial charge in [-0.3, -0.25) is 9.89 Å². The van der Waals surface area contributed by atoms with E-state index in [2.05, 4.69) is 15.2 Å². The Balaban J connectivity index is 0.000000265. The first kappa shape index (κ1) is 12.9. The summed E-state index contributed by atoms with van der Waals surface area (Å²) in [6, 6.07) is 0. The van der Waals surface area contributed by atoms with E-state index in [1.165, 1.54) is 6.33 Å². The van der Waals surface area contributed by atoms with Crippen molar-refractivity contribution in [3.8, 4) is 0 Å². The molecule has 15 heavy (non-hydrogen) atoms. The lowest BCUT2D eigenvalue weighted by atomic mass is 10.6. The Morgan fingerprint density at radius 1 is 1.47 bits per heavy atom. The molecular weight excluding hydrogens is 221 g/mol. The number of carboxylic acid groups (broad SMARTS) is 1. The number of carbonyl (C=O) groups is 2. The molecule has 1 aromatic rings. The van der Waals surface area contributed by atoms with Gasteiger partial charge < -0.3 is 10.8 Å². The van der Waals surface area contributed by atoms with Gasteiger partial charge in [0.1, 0.15) is 6.33 Å². The smallest absolute Gasteiger partial charge is 0.475 e. The fourth-order valence-corrected chi connectivity index (χ4v) is 0.324. The molecule has 0 aromatic carbocycles. The number of nitrogens with zero attached hydrogens (tertiary/aromatic N) is 2. The van der Waals surface area contributed by atoms with Crippen molar-refractivity contribution in [2.24, 2.45) is 5.73 Å². The number of primary amides is 1. The van der Waals surface area contributed by atoms with Gasteiger partial charge in [0.15, 0.2) is 0 Å². The summed E-state index contributed by atoms with van der Waals surface area (Å²) in [4.78, 5) is 22.5. The van der Waals surface area contributed by atoms with Crippen molar-refractivity contribution >= 4 is 11.9 Å². The monoisotopic (exact) mass is 226 g/mol. The summed E-state index contributed by atoms with van der Waals surface area (Å²) in [5.41, 5.74) is 4.79. The molecule has 1 heterocycles. The van der Waals surface area contributed by atoms with Gasteiger partial charge in [0.2, 0.25) is 5.82 Å². The third kappa shape index (κ3) is 5.23. The van der Waals surface area contributed by atoms with Gasteiger partial charge in [-0.15, -0.1) is 0 Å². The molecule has 0 bridgehead atoms. The quantitative estimate of drug-likeness (QED) is 0.597. The summed E-state index contributed by atoms with van der Waals surface area (Å²) in [5.74, 6) is -3.26. The van der Waals surface area contributed by atoms with Crippen LogP contribution in [0.4, 0.5) is 13.2 Å². The van der Waals surface area contributed by atoms with Crippen LogP contribution in [0.3, 0.4) is 0 Å². The van der Waals surface area contributed by atoms with Crippen LogP contribution in [-0.2, 0) is 4.79 Å². The Hall–Kier alpha value is -2.13. The zero-order chi connectivity index (χ0) is 12.1. The summed E-state index contributed by atoms with van der Waals surface area (Å²) in [7, 11) is 0. The molecular formula is C5H5F3N4O3. The Bertz CT molecular complexity index is 334. The van der Waals surface area contributed by atoms with Gasteiger partial charge in [0.25, 0.3) is 5.91 Å². The molecule has 0 atom stereocenters. The van der Waals surface area contributed by atoms with Crippen molar-refractivity contribution in [2.75, 3.05) is 0 Å². The molecule has 0 aliphatic carbocycles. The highest BCUT2D eigenvalue weighted by Crippen LogP contribution is 2.13. The van der Waals surface area contributed by atoms with Gasteiger partial charge in [0, 0.05) is 0 Å². The van der Waals surface area contributed by atoms with E-state index >= 15 is 0 Å². The number of hydrogen-bond donors (Lipinski definition) is 3. The molecule has 0 fully saturated rings. The van der Waals surface area contributed by atoms with Crippen LogP contribution in [0, 0.1) is 0 Å². The topological polar surface area (TPSA) is 122 Å². The normalized spacial score (nSPS) is 10.1. The number of carbonyl (C=O) groups excluding carboxylic acids is 1. The molecule has 0 radical (unpaired) electrons. The van der Waals surface area contributed by atoms with E-state index in [0.29, 0.717) is 0 Å². The molecule has 0 unspecified atom stereocenters. The summed E-state index contributed by atoms with van der Waals surface area (Å²) >= 11 is 0. The fourth-order valence-electron chi connectivity index (χ4n) is 0.324. The summed E-state index contributed by atoms with van der Waals surface area (Å²) in [6.07, 6.45) is -3.86. The maximum Gasteiger partial charge on any atom is 0.490 e. The molecule has 7 nitrogen and oxygen atoms in total. The minimum absolute atomic E-state index is 0.0880. The largest absolute Gasteiger partial charge is 0.490 e. The fraction of sp³-hybridized carbons (Fsp3) is 0.200. The van der Waals surface area contributed by atoms with Gasteiger partial charge in [0.05, 0.1) is 0 Å². The second kappa shape index (κ2) is 4.93. The lowest BCUT2D eigenvalue weighted by molar-refractivity contribution is -0.192. The molecule has 0 spiro atoms. The highest BCUT2D eigenvalue weighted by atomic mass is 19.4. The zero-order valence-corrected chi connectivity index (χ0v) is 6.95. The Labute approximate surface area is 80.1 Å². The summed E-state index contributed by atoms with van der Waals surface area (Å²) < 4.78 is 31.7. The van der Waals surface area contributed by atoms with Gasteiger partial charge in [-0.05, 0) is 0 Å². The van der Waals surface area contributed by atoms with E-state index in [-0.39, 0.29) is 5.82 Å². The third-order valence-corrected chi connectivity index (χ3v) is 0.891. The van der Waals surface area contributed by atoms with Crippen molar-refractivity contribution in [3.05, 3.63) is 12.2 Å². The molecule has 1 rings (SSSR count). The van der Waals surface area contributed by atoms with Crippen molar-refractivity contribution in [2.45, 2.75) is 6.18 Å². The first-order valence-electron chi connectivity index (χ1n) is 3.20. The van der Waals surface area contributed by atoms with Crippen molar-refractivity contribution < 1.29 is 27.9 Å². The van der Waals surface area contributed by atoms with E-state index in [1.807, 2.05) is 0 Å². The minimum Gasteiger partial charge on any atom is -0.475 e. The summed E-state index contributed by atoms with van der Waals surface area (Å²) in [6.45, 7) is 0. The first-order chi connectivity index (χ1) is 6.75. The molecule has 0 aliphatic rings. The molecule has 1 aromatic heterocycles. The lowest BCUT2D eigenvalue weighted by Gasteiger charge is -1.93. The number of hydrogen-bond acceptors (Lipinski definition) is 4. The highest BCUT2D eigenvalue weighted by Gasteiger charge is 2.38. The second-order valence-corrected chi connectivity index (χ2v) is 2.00. The average molecular weight is 226 g/mol. The number of rotatable bonds is 1. The van der Waals surface area contributed by atoms with E-state index < -0.39 is 18.1 Å². The van der Waals surface area contributed by atoms with Crippen LogP contribution >= 0.6 is 0 Å². The van der Waals surface area contributed by atoms with E-state index in [0.717, 1.165) is 0 Å². The molecule has 10 heteroatoms.